The predicted octanol–water partition coefficient (Wildman–Crippen LogP) is 1.07. The maximum Gasteiger partial charge on any atom is 0.408 e. The number of hydrogen-bond acceptors (Lipinski definition) is 4. The molecule has 0 unspecified atom stereocenters. The first-order chi connectivity index (χ1) is 10.2. The Bertz CT molecular complexity index is 592. The van der Waals surface area contributed by atoms with Crippen LogP contribution in [0.1, 0.15) is 12.8 Å². The van der Waals surface area contributed by atoms with Crippen LogP contribution in [-0.4, -0.2) is 55.4 Å². The van der Waals surface area contributed by atoms with Crippen molar-refractivity contribution in [3.63, 3.8) is 0 Å². The first-order valence-corrected chi connectivity index (χ1v) is 8.40. The van der Waals surface area contributed by atoms with Crippen LogP contribution in [0.15, 0.2) is 17.3 Å². The van der Waals surface area contributed by atoms with Gasteiger partial charge in [-0.05, 0) is 32.4 Å². The largest absolute Gasteiger partial charge is 0.408 e. The van der Waals surface area contributed by atoms with Crippen molar-refractivity contribution in [3.8, 4) is 0 Å². The summed E-state index contributed by atoms with van der Waals surface area (Å²) in [6.45, 7) is 0.280. The van der Waals surface area contributed by atoms with Gasteiger partial charge in [0.2, 0.25) is 10.0 Å². The molecule has 1 aliphatic heterocycles. The van der Waals surface area contributed by atoms with Gasteiger partial charge in [-0.25, -0.2) is 8.42 Å². The summed E-state index contributed by atoms with van der Waals surface area (Å²) in [5.74, 6) is 0.421. The van der Waals surface area contributed by atoms with E-state index in [1.54, 1.807) is 0 Å². The average molecular weight is 340 g/mol. The minimum absolute atomic E-state index is 0.191. The maximum absolute atomic E-state index is 12.4. The molecule has 1 N–H and O–H groups in total. The van der Waals surface area contributed by atoms with E-state index >= 15 is 0 Å². The zero-order chi connectivity index (χ0) is 16.4. The summed E-state index contributed by atoms with van der Waals surface area (Å²) >= 11 is 0. The predicted molar refractivity (Wildman–Crippen MR) is 73.7 cm³/mol. The van der Waals surface area contributed by atoms with Gasteiger partial charge in [0.1, 0.15) is 11.4 Å². The van der Waals surface area contributed by atoms with E-state index < -0.39 is 22.7 Å². The van der Waals surface area contributed by atoms with E-state index in [-0.39, 0.29) is 4.90 Å². The molecule has 1 saturated heterocycles. The Balaban J connectivity index is 2.05. The molecule has 1 aliphatic rings. The van der Waals surface area contributed by atoms with E-state index in [0.29, 0.717) is 23.7 Å². The number of nitrogens with one attached hydrogen (secondary N) is 1. The SMILES string of the molecule is CNCC1CCN(S(=O)(=O)c2cnn(CC(F)(F)F)c2)CC1. The fourth-order valence-corrected chi connectivity index (χ4v) is 3.96. The first kappa shape index (κ1) is 17.2. The van der Waals surface area contributed by atoms with E-state index in [9.17, 15) is 21.6 Å². The van der Waals surface area contributed by atoms with Gasteiger partial charge in [-0.1, -0.05) is 0 Å². The van der Waals surface area contributed by atoms with Gasteiger partial charge in [-0.15, -0.1) is 0 Å². The van der Waals surface area contributed by atoms with Crippen molar-refractivity contribution >= 4 is 10.0 Å². The highest BCUT2D eigenvalue weighted by molar-refractivity contribution is 7.89. The summed E-state index contributed by atoms with van der Waals surface area (Å²) in [7, 11) is -1.93. The van der Waals surface area contributed by atoms with Gasteiger partial charge >= 0.3 is 6.18 Å². The van der Waals surface area contributed by atoms with Crippen LogP contribution in [-0.2, 0) is 16.6 Å². The maximum atomic E-state index is 12.4. The molecule has 0 saturated carbocycles. The number of nitrogens with zero attached hydrogens (tertiary/aromatic N) is 3. The molecule has 10 heteroatoms. The van der Waals surface area contributed by atoms with Crippen molar-refractivity contribution in [1.29, 1.82) is 0 Å². The van der Waals surface area contributed by atoms with Gasteiger partial charge in [0, 0.05) is 19.3 Å². The molecule has 0 spiro atoms. The lowest BCUT2D eigenvalue weighted by Gasteiger charge is -2.30. The molecule has 0 radical (unpaired) electrons. The Labute approximate surface area is 127 Å². The Kier molecular flexibility index (Phi) is 5.13. The van der Waals surface area contributed by atoms with Crippen LogP contribution in [0.2, 0.25) is 0 Å². The topological polar surface area (TPSA) is 67.2 Å². The third-order valence-electron chi connectivity index (χ3n) is 3.65. The van der Waals surface area contributed by atoms with Crippen LogP contribution >= 0.6 is 0 Å². The molecule has 0 aromatic carbocycles. The van der Waals surface area contributed by atoms with Crippen LogP contribution in [0.3, 0.4) is 0 Å². The number of rotatable bonds is 5. The number of alkyl halides is 3. The van der Waals surface area contributed by atoms with Gasteiger partial charge in [-0.2, -0.15) is 22.6 Å². The van der Waals surface area contributed by atoms with E-state index in [2.05, 4.69) is 10.4 Å². The monoisotopic (exact) mass is 340 g/mol. The first-order valence-electron chi connectivity index (χ1n) is 6.96. The van der Waals surface area contributed by atoms with E-state index in [4.69, 9.17) is 0 Å². The second kappa shape index (κ2) is 6.55. The van der Waals surface area contributed by atoms with Crippen LogP contribution in [0.25, 0.3) is 0 Å². The fraction of sp³-hybridized carbons (Fsp3) is 0.750. The Morgan fingerprint density at radius 1 is 1.36 bits per heavy atom. The molecule has 0 atom stereocenters. The highest BCUT2D eigenvalue weighted by Crippen LogP contribution is 2.24. The lowest BCUT2D eigenvalue weighted by Crippen LogP contribution is -2.40. The van der Waals surface area contributed by atoms with Gasteiger partial charge in [0.25, 0.3) is 0 Å². The minimum atomic E-state index is -4.43. The molecule has 126 valence electrons. The summed E-state index contributed by atoms with van der Waals surface area (Å²) < 4.78 is 63.6. The summed E-state index contributed by atoms with van der Waals surface area (Å²) in [4.78, 5) is -0.191. The van der Waals surface area contributed by atoms with Gasteiger partial charge in [0.05, 0.1) is 6.20 Å². The second-order valence-corrected chi connectivity index (χ2v) is 7.33. The lowest BCUT2D eigenvalue weighted by molar-refractivity contribution is -0.142. The summed E-state index contributed by atoms with van der Waals surface area (Å²) in [6.07, 6.45) is -1.06. The van der Waals surface area contributed by atoms with Crippen molar-refractivity contribution in [3.05, 3.63) is 12.4 Å². The molecule has 0 amide bonds. The van der Waals surface area contributed by atoms with Crippen LogP contribution in [0, 0.1) is 5.92 Å². The molecule has 2 rings (SSSR count). The van der Waals surface area contributed by atoms with E-state index in [0.717, 1.165) is 31.8 Å². The fourth-order valence-electron chi connectivity index (χ4n) is 2.54. The highest BCUT2D eigenvalue weighted by Gasteiger charge is 2.32. The summed E-state index contributed by atoms with van der Waals surface area (Å²) in [6, 6.07) is 0. The Morgan fingerprint density at radius 2 is 2.00 bits per heavy atom. The van der Waals surface area contributed by atoms with Crippen molar-refractivity contribution < 1.29 is 21.6 Å². The molecule has 1 aromatic heterocycles. The van der Waals surface area contributed by atoms with Crippen molar-refractivity contribution in [2.45, 2.75) is 30.5 Å². The molecule has 1 aromatic rings. The third kappa shape index (κ3) is 4.20. The number of sulfonamides is 1. The van der Waals surface area contributed by atoms with Crippen LogP contribution in [0.4, 0.5) is 13.2 Å². The van der Waals surface area contributed by atoms with Crippen LogP contribution < -0.4 is 5.32 Å². The van der Waals surface area contributed by atoms with E-state index in [1.807, 2.05) is 7.05 Å². The standard InChI is InChI=1S/C12H19F3N4O2S/c1-16-6-10-2-4-19(5-3-10)22(20,21)11-7-17-18(8-11)9-12(13,14)15/h7-8,10,16H,2-6,9H2,1H3. The Morgan fingerprint density at radius 3 is 2.55 bits per heavy atom. The normalized spacial score (nSPS) is 18.7. The quantitative estimate of drug-likeness (QED) is 0.871. The van der Waals surface area contributed by atoms with Crippen molar-refractivity contribution in [1.82, 2.24) is 19.4 Å². The molecule has 2 heterocycles. The van der Waals surface area contributed by atoms with Crippen molar-refractivity contribution in [2.75, 3.05) is 26.7 Å². The lowest BCUT2D eigenvalue weighted by atomic mass is 9.98. The summed E-state index contributed by atoms with van der Waals surface area (Å²) in [5.41, 5.74) is 0. The number of piperidine rings is 1. The minimum Gasteiger partial charge on any atom is -0.319 e. The second-order valence-electron chi connectivity index (χ2n) is 5.39. The van der Waals surface area contributed by atoms with Gasteiger partial charge in [-0.3, -0.25) is 4.68 Å². The zero-order valence-corrected chi connectivity index (χ0v) is 13.0. The molecule has 0 aliphatic carbocycles. The molecular formula is C12H19F3N4O2S. The smallest absolute Gasteiger partial charge is 0.319 e. The molecule has 6 nitrogen and oxygen atoms in total. The number of aromatic nitrogens is 2. The van der Waals surface area contributed by atoms with Crippen molar-refractivity contribution in [2.24, 2.45) is 5.92 Å². The van der Waals surface area contributed by atoms with E-state index in [1.165, 1.54) is 4.31 Å². The molecule has 1 fully saturated rings. The van der Waals surface area contributed by atoms with Crippen LogP contribution in [0.5, 0.6) is 0 Å². The Hall–Kier alpha value is -1.13. The zero-order valence-electron chi connectivity index (χ0n) is 12.2. The van der Waals surface area contributed by atoms with Gasteiger partial charge in [0.15, 0.2) is 0 Å². The average Bonchev–Trinajstić information content (AvgIpc) is 2.87. The molecule has 22 heavy (non-hydrogen) atoms. The highest BCUT2D eigenvalue weighted by atomic mass is 32.2. The van der Waals surface area contributed by atoms with Gasteiger partial charge < -0.3 is 5.32 Å². The molecular weight excluding hydrogens is 321 g/mol. The molecule has 0 bridgehead atoms. The third-order valence-corrected chi connectivity index (χ3v) is 5.51. The number of hydrogen-bond donors (Lipinski definition) is 1. The summed E-state index contributed by atoms with van der Waals surface area (Å²) in [5, 5.41) is 6.55. The number of halogens is 3.